The molecule has 2 rings (SSSR count). The molecule has 0 aliphatic rings. The maximum Gasteiger partial charge on any atom is 0.271 e. The minimum Gasteiger partial charge on any atom is -0.506 e. The number of nitrogens with one attached hydrogen (secondary N) is 1. The number of aromatic hydroxyl groups is 1. The van der Waals surface area contributed by atoms with Gasteiger partial charge in [0.1, 0.15) is 10.6 Å². The summed E-state index contributed by atoms with van der Waals surface area (Å²) < 4.78 is 3.51. The molecule has 0 unspecified atom stereocenters. The number of nitrogens with zero attached hydrogens (tertiary/aromatic N) is 3. The number of aromatic nitrogens is 2. The van der Waals surface area contributed by atoms with Gasteiger partial charge in [0.25, 0.3) is 11.6 Å². The van der Waals surface area contributed by atoms with Gasteiger partial charge in [0.05, 0.1) is 16.8 Å². The molecule has 1 heterocycles. The van der Waals surface area contributed by atoms with E-state index in [0.29, 0.717) is 0 Å². The number of non-ortho nitro benzene ring substituents is 1. The fourth-order valence-corrected chi connectivity index (χ4v) is 1.60. The summed E-state index contributed by atoms with van der Waals surface area (Å²) in [4.78, 5) is 21.8. The van der Waals surface area contributed by atoms with Gasteiger partial charge in [0.2, 0.25) is 0 Å². The lowest BCUT2D eigenvalue weighted by Gasteiger charge is -2.05. The molecule has 0 radical (unpaired) electrons. The summed E-state index contributed by atoms with van der Waals surface area (Å²) in [5, 5.41) is 25.9. The number of anilines is 1. The molecule has 0 aliphatic carbocycles. The van der Waals surface area contributed by atoms with Gasteiger partial charge in [-0.05, 0) is 17.6 Å². The molecule has 0 bridgehead atoms. The largest absolute Gasteiger partial charge is 0.506 e. The van der Waals surface area contributed by atoms with E-state index >= 15 is 0 Å². The van der Waals surface area contributed by atoms with Gasteiger partial charge in [-0.15, -0.1) is 5.10 Å². The second kappa shape index (κ2) is 4.75. The van der Waals surface area contributed by atoms with Crippen LogP contribution in [0.4, 0.5) is 11.4 Å². The molecular formula is C9H6N4O4S. The van der Waals surface area contributed by atoms with Crippen molar-refractivity contribution in [1.82, 2.24) is 9.59 Å². The SMILES string of the molecule is O=C(Nc1cc([N+](=O)[O-])ccc1O)c1cnns1. The van der Waals surface area contributed by atoms with Crippen molar-refractivity contribution < 1.29 is 14.8 Å². The second-order valence-corrected chi connectivity index (χ2v) is 3.98. The van der Waals surface area contributed by atoms with Crippen molar-refractivity contribution in [3.63, 3.8) is 0 Å². The van der Waals surface area contributed by atoms with Crippen molar-refractivity contribution in [3.05, 3.63) is 39.4 Å². The van der Waals surface area contributed by atoms with Crippen LogP contribution in [0.15, 0.2) is 24.4 Å². The molecule has 8 nitrogen and oxygen atoms in total. The number of benzene rings is 1. The first-order valence-electron chi connectivity index (χ1n) is 4.64. The third-order valence-corrected chi connectivity index (χ3v) is 2.69. The van der Waals surface area contributed by atoms with Crippen molar-refractivity contribution in [2.75, 3.05) is 5.32 Å². The summed E-state index contributed by atoms with van der Waals surface area (Å²) in [5.74, 6) is -0.799. The molecule has 2 N–H and O–H groups in total. The predicted octanol–water partition coefficient (Wildman–Crippen LogP) is 1.40. The third kappa shape index (κ3) is 2.40. The van der Waals surface area contributed by atoms with Crippen LogP contribution in [0.25, 0.3) is 0 Å². The molecule has 0 aliphatic heterocycles. The number of nitro groups is 1. The monoisotopic (exact) mass is 266 g/mol. The van der Waals surface area contributed by atoms with Gasteiger partial charge >= 0.3 is 0 Å². The Kier molecular flexibility index (Phi) is 3.15. The smallest absolute Gasteiger partial charge is 0.271 e. The van der Waals surface area contributed by atoms with Gasteiger partial charge in [0, 0.05) is 12.1 Å². The van der Waals surface area contributed by atoms with E-state index < -0.39 is 10.8 Å². The Labute approximate surface area is 104 Å². The highest BCUT2D eigenvalue weighted by Gasteiger charge is 2.14. The lowest BCUT2D eigenvalue weighted by molar-refractivity contribution is -0.384. The third-order valence-electron chi connectivity index (χ3n) is 2.02. The maximum absolute atomic E-state index is 11.6. The normalized spacial score (nSPS) is 10.0. The van der Waals surface area contributed by atoms with Crippen LogP contribution in [0.3, 0.4) is 0 Å². The number of amides is 1. The average molecular weight is 266 g/mol. The minimum absolute atomic E-state index is 0.0393. The van der Waals surface area contributed by atoms with Crippen LogP contribution in [0.1, 0.15) is 9.67 Å². The Balaban J connectivity index is 2.26. The number of phenols is 1. The lowest BCUT2D eigenvalue weighted by atomic mass is 10.2. The molecule has 0 atom stereocenters. The zero-order valence-electron chi connectivity index (χ0n) is 8.73. The van der Waals surface area contributed by atoms with Crippen LogP contribution in [-0.4, -0.2) is 25.5 Å². The summed E-state index contributed by atoms with van der Waals surface area (Å²) in [6, 6.07) is 3.35. The first kappa shape index (κ1) is 11.9. The summed E-state index contributed by atoms with van der Waals surface area (Å²) in [6.45, 7) is 0. The van der Waals surface area contributed by atoms with E-state index in [-0.39, 0.29) is 22.0 Å². The van der Waals surface area contributed by atoms with E-state index in [1.807, 2.05) is 0 Å². The lowest BCUT2D eigenvalue weighted by Crippen LogP contribution is -2.10. The van der Waals surface area contributed by atoms with E-state index in [0.717, 1.165) is 29.7 Å². The summed E-state index contributed by atoms with van der Waals surface area (Å²) in [5.41, 5.74) is -0.270. The second-order valence-electron chi connectivity index (χ2n) is 3.19. The minimum atomic E-state index is -0.622. The van der Waals surface area contributed by atoms with E-state index in [4.69, 9.17) is 0 Å². The molecule has 18 heavy (non-hydrogen) atoms. The molecule has 0 saturated heterocycles. The van der Waals surface area contributed by atoms with Gasteiger partial charge in [-0.1, -0.05) is 4.49 Å². The Morgan fingerprint density at radius 3 is 2.89 bits per heavy atom. The summed E-state index contributed by atoms with van der Waals surface area (Å²) >= 11 is 0.878. The van der Waals surface area contributed by atoms with Crippen molar-refractivity contribution in [2.45, 2.75) is 0 Å². The van der Waals surface area contributed by atoms with Crippen molar-refractivity contribution >= 4 is 28.8 Å². The Morgan fingerprint density at radius 2 is 2.28 bits per heavy atom. The van der Waals surface area contributed by atoms with E-state index in [2.05, 4.69) is 14.9 Å². The number of nitro benzene ring substituents is 1. The quantitative estimate of drug-likeness (QED) is 0.492. The Morgan fingerprint density at radius 1 is 1.50 bits per heavy atom. The highest BCUT2D eigenvalue weighted by molar-refractivity contribution is 7.07. The zero-order valence-corrected chi connectivity index (χ0v) is 9.55. The zero-order chi connectivity index (χ0) is 13.1. The number of phenolic OH excluding ortho intramolecular Hbond substituents is 1. The number of rotatable bonds is 3. The van der Waals surface area contributed by atoms with Gasteiger partial charge < -0.3 is 10.4 Å². The van der Waals surface area contributed by atoms with Gasteiger partial charge in [-0.3, -0.25) is 14.9 Å². The molecule has 0 fully saturated rings. The van der Waals surface area contributed by atoms with Crippen molar-refractivity contribution in [2.24, 2.45) is 0 Å². The number of carbonyl (C=O) groups is 1. The van der Waals surface area contributed by atoms with Crippen LogP contribution >= 0.6 is 11.5 Å². The fraction of sp³-hybridized carbons (Fsp3) is 0. The van der Waals surface area contributed by atoms with Crippen LogP contribution < -0.4 is 5.32 Å². The number of hydrogen-bond donors (Lipinski definition) is 2. The topological polar surface area (TPSA) is 118 Å². The van der Waals surface area contributed by atoms with Crippen LogP contribution in [0.5, 0.6) is 5.75 Å². The summed E-state index contributed by atoms with van der Waals surface area (Å²) in [7, 11) is 0. The Hall–Kier alpha value is -2.55. The summed E-state index contributed by atoms with van der Waals surface area (Å²) in [6.07, 6.45) is 1.26. The van der Waals surface area contributed by atoms with E-state index in [1.165, 1.54) is 6.20 Å². The van der Waals surface area contributed by atoms with Crippen molar-refractivity contribution in [3.8, 4) is 5.75 Å². The van der Waals surface area contributed by atoms with E-state index in [1.54, 1.807) is 0 Å². The highest BCUT2D eigenvalue weighted by atomic mass is 32.1. The van der Waals surface area contributed by atoms with Gasteiger partial charge in [-0.25, -0.2) is 0 Å². The van der Waals surface area contributed by atoms with E-state index in [9.17, 15) is 20.0 Å². The van der Waals surface area contributed by atoms with Gasteiger partial charge in [-0.2, -0.15) is 0 Å². The number of hydrogen-bond acceptors (Lipinski definition) is 7. The molecule has 0 spiro atoms. The highest BCUT2D eigenvalue weighted by Crippen LogP contribution is 2.28. The molecule has 2 aromatic rings. The van der Waals surface area contributed by atoms with Crippen LogP contribution in [0.2, 0.25) is 0 Å². The van der Waals surface area contributed by atoms with Crippen LogP contribution in [0, 0.1) is 10.1 Å². The molecule has 9 heteroatoms. The van der Waals surface area contributed by atoms with Crippen molar-refractivity contribution in [1.29, 1.82) is 0 Å². The Bertz CT molecular complexity index is 599. The molecule has 1 amide bonds. The first-order chi connectivity index (χ1) is 8.58. The first-order valence-corrected chi connectivity index (χ1v) is 5.41. The molecule has 0 saturated carbocycles. The average Bonchev–Trinajstić information content (AvgIpc) is 2.85. The fourth-order valence-electron chi connectivity index (χ4n) is 1.19. The molecule has 1 aromatic heterocycles. The maximum atomic E-state index is 11.6. The number of carbonyl (C=O) groups excluding carboxylic acids is 1. The van der Waals surface area contributed by atoms with Gasteiger partial charge in [0.15, 0.2) is 0 Å². The molecule has 92 valence electrons. The standard InChI is InChI=1S/C9H6N4O4S/c14-7-2-1-5(13(16)17)3-6(7)11-9(15)8-4-10-12-18-8/h1-4,14H,(H,11,15). The molecule has 1 aromatic carbocycles. The van der Waals surface area contributed by atoms with Crippen LogP contribution in [-0.2, 0) is 0 Å². The molecular weight excluding hydrogens is 260 g/mol. The predicted molar refractivity (Wildman–Crippen MR) is 62.6 cm³/mol.